The summed E-state index contributed by atoms with van der Waals surface area (Å²) in [6, 6.07) is 0.500. The molecule has 0 spiro atoms. The van der Waals surface area contributed by atoms with Crippen molar-refractivity contribution in [3.05, 3.63) is 18.2 Å². The van der Waals surface area contributed by atoms with Crippen molar-refractivity contribution >= 4 is 0 Å². The molecule has 1 N–H and O–H groups in total. The van der Waals surface area contributed by atoms with E-state index < -0.39 is 0 Å². The average molecular weight is 249 g/mol. The van der Waals surface area contributed by atoms with Gasteiger partial charge in [-0.1, -0.05) is 19.8 Å². The van der Waals surface area contributed by atoms with Crippen LogP contribution in [-0.4, -0.2) is 16.1 Å². The molecule has 3 nitrogen and oxygen atoms in total. The van der Waals surface area contributed by atoms with Crippen LogP contribution in [0, 0.1) is 11.8 Å². The molecule has 1 aliphatic rings. The lowest BCUT2D eigenvalue weighted by Gasteiger charge is -2.26. The summed E-state index contributed by atoms with van der Waals surface area (Å²) in [5.74, 6) is 1.83. The second-order valence-corrected chi connectivity index (χ2v) is 6.14. The maximum absolute atomic E-state index is 4.24. The molecule has 102 valence electrons. The van der Waals surface area contributed by atoms with Gasteiger partial charge in [-0.3, -0.25) is 0 Å². The van der Waals surface area contributed by atoms with Gasteiger partial charge < -0.3 is 9.88 Å². The van der Waals surface area contributed by atoms with E-state index in [0.717, 1.165) is 24.9 Å². The Balaban J connectivity index is 1.73. The summed E-state index contributed by atoms with van der Waals surface area (Å²) in [5.41, 5.74) is 1.30. The van der Waals surface area contributed by atoms with E-state index in [4.69, 9.17) is 0 Å². The minimum absolute atomic E-state index is 0.500. The summed E-state index contributed by atoms with van der Waals surface area (Å²) in [4.78, 5) is 4.24. The average Bonchev–Trinajstić information content (AvgIpc) is 2.80. The normalized spacial score (nSPS) is 24.7. The molecule has 0 aromatic carbocycles. The predicted octanol–water partition coefficient (Wildman–Crippen LogP) is 3.38. The number of nitrogens with zero attached hydrogens (tertiary/aromatic N) is 2. The van der Waals surface area contributed by atoms with Gasteiger partial charge in [-0.25, -0.2) is 4.98 Å². The largest absolute Gasteiger partial charge is 0.331 e. The highest BCUT2D eigenvalue weighted by Crippen LogP contribution is 2.27. The summed E-state index contributed by atoms with van der Waals surface area (Å²) in [6.45, 7) is 8.90. The topological polar surface area (TPSA) is 29.9 Å². The van der Waals surface area contributed by atoms with E-state index in [9.17, 15) is 0 Å². The molecule has 3 heteroatoms. The molecule has 0 atom stereocenters. The molecule has 0 bridgehead atoms. The van der Waals surface area contributed by atoms with Crippen LogP contribution >= 0.6 is 0 Å². The zero-order valence-corrected chi connectivity index (χ0v) is 12.0. The Bertz CT molecular complexity index is 348. The van der Waals surface area contributed by atoms with E-state index in [0.29, 0.717) is 6.04 Å². The quantitative estimate of drug-likeness (QED) is 0.867. The lowest BCUT2D eigenvalue weighted by Crippen LogP contribution is -2.26. The van der Waals surface area contributed by atoms with Gasteiger partial charge in [-0.15, -0.1) is 0 Å². The standard InChI is InChI=1S/C15H27N3/c1-12(2)18-11-17-10-15(18)9-16-8-14-6-4-13(3)5-7-14/h10-14,16H,4-9H2,1-3H3. The molecule has 0 amide bonds. The Hall–Kier alpha value is -0.830. The second-order valence-electron chi connectivity index (χ2n) is 6.14. The van der Waals surface area contributed by atoms with Gasteiger partial charge in [0, 0.05) is 18.8 Å². The number of aromatic nitrogens is 2. The van der Waals surface area contributed by atoms with Crippen molar-refractivity contribution in [2.24, 2.45) is 11.8 Å². The molecule has 0 unspecified atom stereocenters. The highest BCUT2D eigenvalue weighted by atomic mass is 15.1. The zero-order valence-electron chi connectivity index (χ0n) is 12.0. The number of hydrogen-bond acceptors (Lipinski definition) is 2. The molecule has 1 saturated carbocycles. The number of imidazole rings is 1. The van der Waals surface area contributed by atoms with E-state index in [2.05, 4.69) is 35.6 Å². The fraction of sp³-hybridized carbons (Fsp3) is 0.800. The highest BCUT2D eigenvalue weighted by Gasteiger charge is 2.17. The van der Waals surface area contributed by atoms with Gasteiger partial charge in [0.05, 0.1) is 12.0 Å². The Kier molecular flexibility index (Phi) is 4.81. The Morgan fingerprint density at radius 3 is 2.72 bits per heavy atom. The molecule has 0 saturated heterocycles. The molecule has 0 radical (unpaired) electrons. The van der Waals surface area contributed by atoms with Crippen molar-refractivity contribution < 1.29 is 0 Å². The Morgan fingerprint density at radius 2 is 2.06 bits per heavy atom. The van der Waals surface area contributed by atoms with Gasteiger partial charge in [0.1, 0.15) is 0 Å². The van der Waals surface area contributed by atoms with E-state index in [1.807, 2.05) is 12.5 Å². The van der Waals surface area contributed by atoms with E-state index in [1.54, 1.807) is 0 Å². The summed E-state index contributed by atoms with van der Waals surface area (Å²) < 4.78 is 2.25. The second kappa shape index (κ2) is 6.37. The van der Waals surface area contributed by atoms with Crippen molar-refractivity contribution in [1.82, 2.24) is 14.9 Å². The van der Waals surface area contributed by atoms with Crippen LogP contribution in [0.15, 0.2) is 12.5 Å². The van der Waals surface area contributed by atoms with Crippen molar-refractivity contribution in [1.29, 1.82) is 0 Å². The van der Waals surface area contributed by atoms with Gasteiger partial charge in [0.25, 0.3) is 0 Å². The Labute approximate surface area is 111 Å². The van der Waals surface area contributed by atoms with Crippen molar-refractivity contribution in [2.75, 3.05) is 6.54 Å². The zero-order chi connectivity index (χ0) is 13.0. The molecular formula is C15H27N3. The van der Waals surface area contributed by atoms with E-state index >= 15 is 0 Å². The molecule has 18 heavy (non-hydrogen) atoms. The lowest BCUT2D eigenvalue weighted by atomic mass is 9.83. The van der Waals surface area contributed by atoms with Crippen molar-refractivity contribution in [2.45, 2.75) is 59.0 Å². The first-order valence-electron chi connectivity index (χ1n) is 7.38. The summed E-state index contributed by atoms with van der Waals surface area (Å²) >= 11 is 0. The van der Waals surface area contributed by atoms with Crippen LogP contribution in [0.1, 0.15) is 58.2 Å². The third-order valence-corrected chi connectivity index (χ3v) is 4.18. The lowest BCUT2D eigenvalue weighted by molar-refractivity contribution is 0.281. The van der Waals surface area contributed by atoms with E-state index in [-0.39, 0.29) is 0 Å². The van der Waals surface area contributed by atoms with Crippen LogP contribution in [0.5, 0.6) is 0 Å². The van der Waals surface area contributed by atoms with Crippen LogP contribution in [0.2, 0.25) is 0 Å². The summed E-state index contributed by atoms with van der Waals surface area (Å²) in [6.07, 6.45) is 9.54. The minimum Gasteiger partial charge on any atom is -0.331 e. The molecule has 1 aromatic rings. The van der Waals surface area contributed by atoms with Crippen LogP contribution in [0.3, 0.4) is 0 Å². The molecule has 1 aliphatic carbocycles. The van der Waals surface area contributed by atoms with Crippen LogP contribution < -0.4 is 5.32 Å². The first kappa shape index (κ1) is 13.6. The molecule has 1 heterocycles. The SMILES string of the molecule is CC1CCC(CNCc2cncn2C(C)C)CC1. The monoisotopic (exact) mass is 249 g/mol. The van der Waals surface area contributed by atoms with Crippen molar-refractivity contribution in [3.63, 3.8) is 0 Å². The minimum atomic E-state index is 0.500. The maximum Gasteiger partial charge on any atom is 0.0951 e. The third kappa shape index (κ3) is 3.58. The van der Waals surface area contributed by atoms with Gasteiger partial charge >= 0.3 is 0 Å². The van der Waals surface area contributed by atoms with Gasteiger partial charge in [-0.05, 0) is 45.1 Å². The fourth-order valence-corrected chi connectivity index (χ4v) is 2.87. The molecule has 0 aliphatic heterocycles. The summed E-state index contributed by atoms with van der Waals surface area (Å²) in [5, 5.41) is 3.61. The maximum atomic E-state index is 4.24. The van der Waals surface area contributed by atoms with Gasteiger partial charge in [0.15, 0.2) is 0 Å². The fourth-order valence-electron chi connectivity index (χ4n) is 2.87. The van der Waals surface area contributed by atoms with Gasteiger partial charge in [0.2, 0.25) is 0 Å². The van der Waals surface area contributed by atoms with E-state index in [1.165, 1.54) is 31.4 Å². The highest BCUT2D eigenvalue weighted by molar-refractivity contribution is 4.99. The molecule has 2 rings (SSSR count). The van der Waals surface area contributed by atoms with Crippen LogP contribution in [0.4, 0.5) is 0 Å². The number of rotatable bonds is 5. The van der Waals surface area contributed by atoms with Crippen LogP contribution in [0.25, 0.3) is 0 Å². The first-order chi connectivity index (χ1) is 8.66. The number of nitrogens with one attached hydrogen (secondary N) is 1. The number of hydrogen-bond donors (Lipinski definition) is 1. The first-order valence-corrected chi connectivity index (χ1v) is 7.38. The molecule has 1 fully saturated rings. The van der Waals surface area contributed by atoms with Crippen LogP contribution in [-0.2, 0) is 6.54 Å². The summed E-state index contributed by atoms with van der Waals surface area (Å²) in [7, 11) is 0. The smallest absolute Gasteiger partial charge is 0.0951 e. The van der Waals surface area contributed by atoms with Gasteiger partial charge in [-0.2, -0.15) is 0 Å². The Morgan fingerprint density at radius 1 is 1.33 bits per heavy atom. The molecular weight excluding hydrogens is 222 g/mol. The third-order valence-electron chi connectivity index (χ3n) is 4.18. The predicted molar refractivity (Wildman–Crippen MR) is 75.4 cm³/mol. The molecule has 1 aromatic heterocycles. The van der Waals surface area contributed by atoms with Crippen molar-refractivity contribution in [3.8, 4) is 0 Å².